The third kappa shape index (κ3) is 6.66. The van der Waals surface area contributed by atoms with Crippen LogP contribution in [0.4, 0.5) is 0 Å². The molecule has 0 aliphatic heterocycles. The minimum absolute atomic E-state index is 0.322. The first-order valence-electron chi connectivity index (χ1n) is 7.07. The van der Waals surface area contributed by atoms with Crippen LogP contribution in [0.15, 0.2) is 48.5 Å². The minimum atomic E-state index is 0.322. The fourth-order valence-electron chi connectivity index (χ4n) is 1.56. The Balaban J connectivity index is 0.000000741. The van der Waals surface area contributed by atoms with E-state index in [0.717, 1.165) is 6.42 Å². The smallest absolute Gasteiger partial charge is 0.115 e. The lowest BCUT2D eigenvalue weighted by Crippen LogP contribution is -1.87. The SMILES string of the molecule is CC.CC.Cc1ccc(Cc2ccc(O)cc2)cc1. The van der Waals surface area contributed by atoms with Crippen LogP contribution in [0, 0.1) is 6.92 Å². The van der Waals surface area contributed by atoms with Gasteiger partial charge in [0.25, 0.3) is 0 Å². The molecule has 0 heterocycles. The van der Waals surface area contributed by atoms with Gasteiger partial charge < -0.3 is 5.11 Å². The molecule has 2 aromatic carbocycles. The van der Waals surface area contributed by atoms with E-state index in [1.54, 1.807) is 12.1 Å². The summed E-state index contributed by atoms with van der Waals surface area (Å²) in [6.07, 6.45) is 0.917. The fourth-order valence-corrected chi connectivity index (χ4v) is 1.56. The van der Waals surface area contributed by atoms with Gasteiger partial charge in [0.1, 0.15) is 5.75 Å². The summed E-state index contributed by atoms with van der Waals surface area (Å²) in [4.78, 5) is 0. The lowest BCUT2D eigenvalue weighted by Gasteiger charge is -2.02. The van der Waals surface area contributed by atoms with E-state index in [-0.39, 0.29) is 0 Å². The Morgan fingerprint density at radius 1 is 0.684 bits per heavy atom. The maximum absolute atomic E-state index is 9.16. The van der Waals surface area contributed by atoms with Crippen molar-refractivity contribution in [2.75, 3.05) is 0 Å². The molecule has 1 nitrogen and oxygen atoms in total. The van der Waals surface area contributed by atoms with E-state index in [2.05, 4.69) is 31.2 Å². The highest BCUT2D eigenvalue weighted by Gasteiger charge is 1.96. The van der Waals surface area contributed by atoms with Gasteiger partial charge in [-0.2, -0.15) is 0 Å². The van der Waals surface area contributed by atoms with Crippen LogP contribution in [0.3, 0.4) is 0 Å². The van der Waals surface area contributed by atoms with Gasteiger partial charge in [-0.3, -0.25) is 0 Å². The molecule has 0 spiro atoms. The van der Waals surface area contributed by atoms with Crippen LogP contribution in [0.1, 0.15) is 44.4 Å². The number of aromatic hydroxyl groups is 1. The van der Waals surface area contributed by atoms with Crippen molar-refractivity contribution in [3.63, 3.8) is 0 Å². The largest absolute Gasteiger partial charge is 0.508 e. The summed E-state index contributed by atoms with van der Waals surface area (Å²) in [5, 5.41) is 9.16. The van der Waals surface area contributed by atoms with Crippen LogP contribution in [0.25, 0.3) is 0 Å². The third-order valence-electron chi connectivity index (χ3n) is 2.47. The zero-order valence-corrected chi connectivity index (χ0v) is 12.8. The second-order valence-corrected chi connectivity index (χ2v) is 3.83. The van der Waals surface area contributed by atoms with Gasteiger partial charge in [-0.05, 0) is 36.6 Å². The summed E-state index contributed by atoms with van der Waals surface area (Å²) in [5.41, 5.74) is 3.80. The molecule has 0 saturated heterocycles. The molecule has 1 heteroatoms. The number of aryl methyl sites for hydroxylation is 1. The molecule has 104 valence electrons. The average Bonchev–Trinajstić information content (AvgIpc) is 2.48. The molecule has 0 aromatic heterocycles. The van der Waals surface area contributed by atoms with E-state index in [1.165, 1.54) is 16.7 Å². The Labute approximate surface area is 117 Å². The average molecular weight is 258 g/mol. The van der Waals surface area contributed by atoms with Crippen LogP contribution >= 0.6 is 0 Å². The van der Waals surface area contributed by atoms with E-state index in [0.29, 0.717) is 5.75 Å². The maximum Gasteiger partial charge on any atom is 0.115 e. The molecular formula is C18H26O. The number of phenolic OH excluding ortho intramolecular Hbond substituents is 1. The number of phenols is 1. The molecule has 1 N–H and O–H groups in total. The van der Waals surface area contributed by atoms with E-state index in [9.17, 15) is 0 Å². The number of rotatable bonds is 2. The van der Waals surface area contributed by atoms with Crippen LogP contribution < -0.4 is 0 Å². The lowest BCUT2D eigenvalue weighted by atomic mass is 10.0. The Hall–Kier alpha value is -1.76. The second-order valence-electron chi connectivity index (χ2n) is 3.83. The molecule has 0 saturated carbocycles. The summed E-state index contributed by atoms with van der Waals surface area (Å²) in [5.74, 6) is 0.322. The Kier molecular flexibility index (Phi) is 9.25. The summed E-state index contributed by atoms with van der Waals surface area (Å²) in [7, 11) is 0. The first-order valence-corrected chi connectivity index (χ1v) is 7.07. The predicted octanol–water partition coefficient (Wildman–Crippen LogP) is 5.34. The van der Waals surface area contributed by atoms with Crippen molar-refractivity contribution in [1.82, 2.24) is 0 Å². The fraction of sp³-hybridized carbons (Fsp3) is 0.333. The highest BCUT2D eigenvalue weighted by Crippen LogP contribution is 2.14. The normalized spacial score (nSPS) is 8.68. The molecule has 0 aliphatic carbocycles. The van der Waals surface area contributed by atoms with Crippen LogP contribution in [0.2, 0.25) is 0 Å². The number of hydrogen-bond acceptors (Lipinski definition) is 1. The van der Waals surface area contributed by atoms with Gasteiger partial charge in [0, 0.05) is 0 Å². The van der Waals surface area contributed by atoms with Gasteiger partial charge in [0.2, 0.25) is 0 Å². The first kappa shape index (κ1) is 17.2. The number of hydrogen-bond donors (Lipinski definition) is 1. The van der Waals surface area contributed by atoms with Crippen LogP contribution in [-0.4, -0.2) is 5.11 Å². The van der Waals surface area contributed by atoms with E-state index >= 15 is 0 Å². The van der Waals surface area contributed by atoms with Crippen molar-refractivity contribution in [3.8, 4) is 5.75 Å². The molecule has 2 aromatic rings. The topological polar surface area (TPSA) is 20.2 Å². The van der Waals surface area contributed by atoms with E-state index in [1.807, 2.05) is 39.8 Å². The molecule has 0 fully saturated rings. The molecule has 19 heavy (non-hydrogen) atoms. The van der Waals surface area contributed by atoms with Crippen molar-refractivity contribution in [1.29, 1.82) is 0 Å². The minimum Gasteiger partial charge on any atom is -0.508 e. The molecule has 0 bridgehead atoms. The van der Waals surface area contributed by atoms with Gasteiger partial charge in [-0.15, -0.1) is 0 Å². The molecule has 2 rings (SSSR count). The summed E-state index contributed by atoms with van der Waals surface area (Å²) in [6, 6.07) is 15.9. The highest BCUT2D eigenvalue weighted by molar-refractivity contribution is 5.31. The van der Waals surface area contributed by atoms with Gasteiger partial charge >= 0.3 is 0 Å². The Morgan fingerprint density at radius 3 is 1.47 bits per heavy atom. The van der Waals surface area contributed by atoms with Gasteiger partial charge in [-0.1, -0.05) is 69.7 Å². The molecule has 0 amide bonds. The van der Waals surface area contributed by atoms with E-state index < -0.39 is 0 Å². The van der Waals surface area contributed by atoms with Crippen molar-refractivity contribution in [2.24, 2.45) is 0 Å². The standard InChI is InChI=1S/C14H14O.2C2H6/c1-11-2-4-12(5-3-11)10-13-6-8-14(15)9-7-13;2*1-2/h2-9,15H,10H2,1H3;2*1-2H3. The van der Waals surface area contributed by atoms with Crippen LogP contribution in [0.5, 0.6) is 5.75 Å². The zero-order valence-electron chi connectivity index (χ0n) is 12.8. The van der Waals surface area contributed by atoms with Crippen LogP contribution in [-0.2, 0) is 6.42 Å². The van der Waals surface area contributed by atoms with Crippen molar-refractivity contribution < 1.29 is 5.11 Å². The third-order valence-corrected chi connectivity index (χ3v) is 2.47. The monoisotopic (exact) mass is 258 g/mol. The predicted molar refractivity (Wildman–Crippen MR) is 84.8 cm³/mol. The van der Waals surface area contributed by atoms with E-state index in [4.69, 9.17) is 5.11 Å². The van der Waals surface area contributed by atoms with Crippen molar-refractivity contribution in [2.45, 2.75) is 41.0 Å². The maximum atomic E-state index is 9.16. The summed E-state index contributed by atoms with van der Waals surface area (Å²) < 4.78 is 0. The quantitative estimate of drug-likeness (QED) is 0.770. The van der Waals surface area contributed by atoms with Gasteiger partial charge in [0.15, 0.2) is 0 Å². The summed E-state index contributed by atoms with van der Waals surface area (Å²) in [6.45, 7) is 10.1. The first-order chi connectivity index (χ1) is 9.24. The molecule has 0 atom stereocenters. The molecule has 0 aliphatic rings. The highest BCUT2D eigenvalue weighted by atomic mass is 16.3. The molecular weight excluding hydrogens is 232 g/mol. The molecule has 0 unspecified atom stereocenters. The zero-order chi connectivity index (χ0) is 14.7. The Bertz CT molecular complexity index is 383. The van der Waals surface area contributed by atoms with Crippen molar-refractivity contribution >= 4 is 0 Å². The van der Waals surface area contributed by atoms with Gasteiger partial charge in [0.05, 0.1) is 0 Å². The number of benzene rings is 2. The second kappa shape index (κ2) is 10.2. The molecule has 0 radical (unpaired) electrons. The Morgan fingerprint density at radius 2 is 1.05 bits per heavy atom. The van der Waals surface area contributed by atoms with Crippen molar-refractivity contribution in [3.05, 3.63) is 65.2 Å². The van der Waals surface area contributed by atoms with Gasteiger partial charge in [-0.25, -0.2) is 0 Å². The summed E-state index contributed by atoms with van der Waals surface area (Å²) >= 11 is 0. The lowest BCUT2D eigenvalue weighted by molar-refractivity contribution is 0.475.